The normalized spacial score (nSPS) is 17.7. The fraction of sp³-hybridized carbons (Fsp3) is 1.00. The Morgan fingerprint density at radius 2 is 1.38 bits per heavy atom. The summed E-state index contributed by atoms with van der Waals surface area (Å²) in [5, 5.41) is 0. The van der Waals surface area contributed by atoms with Crippen LogP contribution in [0.4, 0.5) is 39.5 Å². The summed E-state index contributed by atoms with van der Waals surface area (Å²) in [6.45, 7) is 0.669. The third-order valence-electron chi connectivity index (χ3n) is 2.25. The van der Waals surface area contributed by atoms with E-state index in [1.165, 1.54) is 0 Å². The van der Waals surface area contributed by atoms with Crippen LogP contribution in [-0.4, -0.2) is 41.6 Å². The first kappa shape index (κ1) is 20.5. The summed E-state index contributed by atoms with van der Waals surface area (Å²) in [5.74, 6) is -19.7. The van der Waals surface area contributed by atoms with Gasteiger partial charge in [-0.3, -0.25) is 4.57 Å². The van der Waals surface area contributed by atoms with E-state index in [2.05, 4.69) is 4.52 Å². The molecule has 0 bridgehead atoms. The largest absolute Gasteiger partial charge is 0.460 e. The molecular formula is C8H10F9O3P. The second-order valence-electron chi connectivity index (χ2n) is 3.88. The molecule has 0 aromatic carbocycles. The molecule has 3 nitrogen and oxygen atoms in total. The summed E-state index contributed by atoms with van der Waals surface area (Å²) in [6, 6.07) is 0. The third-order valence-corrected chi connectivity index (χ3v) is 3.70. The van der Waals surface area contributed by atoms with Crippen LogP contribution in [0.2, 0.25) is 0 Å². The van der Waals surface area contributed by atoms with E-state index in [-0.39, 0.29) is 0 Å². The van der Waals surface area contributed by atoms with Crippen molar-refractivity contribution in [3.05, 3.63) is 0 Å². The molecule has 0 fully saturated rings. The van der Waals surface area contributed by atoms with E-state index in [9.17, 15) is 44.1 Å². The number of hydrogen-bond donors (Lipinski definition) is 1. The zero-order valence-electron chi connectivity index (χ0n) is 10.2. The molecule has 0 aromatic rings. The van der Waals surface area contributed by atoms with Gasteiger partial charge in [-0.25, -0.2) is 0 Å². The first-order chi connectivity index (χ1) is 9.02. The fourth-order valence-electron chi connectivity index (χ4n) is 1.11. The highest BCUT2D eigenvalue weighted by atomic mass is 31.2. The van der Waals surface area contributed by atoms with Crippen LogP contribution >= 0.6 is 7.60 Å². The smallest absolute Gasteiger partial charge is 0.324 e. The second kappa shape index (κ2) is 5.96. The number of hydrogen-bond acceptors (Lipinski definition) is 2. The van der Waals surface area contributed by atoms with Crippen LogP contribution in [0.25, 0.3) is 0 Å². The van der Waals surface area contributed by atoms with Gasteiger partial charge in [0.05, 0.1) is 12.8 Å². The molecular weight excluding hydrogens is 346 g/mol. The first-order valence-electron chi connectivity index (χ1n) is 5.18. The summed E-state index contributed by atoms with van der Waals surface area (Å²) in [5.41, 5.74) is 0. The minimum absolute atomic E-state index is 0.478. The highest BCUT2D eigenvalue weighted by molar-refractivity contribution is 7.52. The molecule has 21 heavy (non-hydrogen) atoms. The van der Waals surface area contributed by atoms with Gasteiger partial charge < -0.3 is 9.42 Å². The summed E-state index contributed by atoms with van der Waals surface area (Å²) >= 11 is 0. The molecule has 0 aromatic heterocycles. The lowest BCUT2D eigenvalue weighted by Gasteiger charge is -2.33. The standard InChI is InChI=1S/C8H10F9O3P/c1-2-20-21(18,19)4-3-5(9,10)6(11,12)7(13,14)8(15,16)17/h2-4H2,1H3,(H,18,19). The van der Waals surface area contributed by atoms with Gasteiger partial charge in [0.1, 0.15) is 0 Å². The maximum absolute atomic E-state index is 13.0. The molecule has 0 aliphatic rings. The molecule has 0 saturated heterocycles. The average Bonchev–Trinajstić information content (AvgIpc) is 2.24. The molecule has 0 aliphatic carbocycles. The fourth-order valence-corrected chi connectivity index (χ4v) is 2.21. The lowest BCUT2D eigenvalue weighted by atomic mass is 10.0. The van der Waals surface area contributed by atoms with Crippen LogP contribution in [0.3, 0.4) is 0 Å². The Morgan fingerprint density at radius 3 is 1.71 bits per heavy atom. The Balaban J connectivity index is 5.27. The van der Waals surface area contributed by atoms with Gasteiger partial charge in [0.2, 0.25) is 0 Å². The predicted octanol–water partition coefficient (Wildman–Crippen LogP) is 4.07. The zero-order chi connectivity index (χ0) is 17.3. The van der Waals surface area contributed by atoms with Gasteiger partial charge in [-0.05, 0) is 6.92 Å². The van der Waals surface area contributed by atoms with Gasteiger partial charge in [0, 0.05) is 6.42 Å². The van der Waals surface area contributed by atoms with Crippen molar-refractivity contribution in [3.63, 3.8) is 0 Å². The number of alkyl halides is 9. The topological polar surface area (TPSA) is 46.5 Å². The van der Waals surface area contributed by atoms with Crippen LogP contribution < -0.4 is 0 Å². The van der Waals surface area contributed by atoms with E-state index in [0.717, 1.165) is 6.92 Å². The summed E-state index contributed by atoms with van der Waals surface area (Å²) in [6.07, 6.45) is -11.0. The van der Waals surface area contributed by atoms with Crippen molar-refractivity contribution in [2.75, 3.05) is 12.8 Å². The van der Waals surface area contributed by atoms with E-state index in [4.69, 9.17) is 4.89 Å². The molecule has 1 unspecified atom stereocenters. The molecule has 0 aliphatic heterocycles. The highest BCUT2D eigenvalue weighted by Gasteiger charge is 2.81. The van der Waals surface area contributed by atoms with Crippen molar-refractivity contribution in [1.29, 1.82) is 0 Å². The van der Waals surface area contributed by atoms with E-state index in [1.54, 1.807) is 0 Å². The molecule has 128 valence electrons. The van der Waals surface area contributed by atoms with E-state index in [1.807, 2.05) is 0 Å². The lowest BCUT2D eigenvalue weighted by Crippen LogP contribution is -2.61. The Kier molecular flexibility index (Phi) is 5.82. The Labute approximate surface area is 112 Å². The molecule has 0 radical (unpaired) electrons. The highest BCUT2D eigenvalue weighted by Crippen LogP contribution is 2.55. The van der Waals surface area contributed by atoms with Gasteiger partial charge in [-0.1, -0.05) is 0 Å². The van der Waals surface area contributed by atoms with Crippen molar-refractivity contribution in [2.24, 2.45) is 0 Å². The summed E-state index contributed by atoms with van der Waals surface area (Å²) < 4.78 is 127. The van der Waals surface area contributed by atoms with Crippen LogP contribution in [0.15, 0.2) is 0 Å². The Hall–Kier alpha value is -0.480. The summed E-state index contributed by atoms with van der Waals surface area (Å²) in [7, 11) is -4.79. The molecule has 1 N–H and O–H groups in total. The van der Waals surface area contributed by atoms with Crippen molar-refractivity contribution < 1.29 is 53.5 Å². The van der Waals surface area contributed by atoms with Crippen molar-refractivity contribution in [1.82, 2.24) is 0 Å². The molecule has 0 amide bonds. The minimum atomic E-state index is -7.01. The van der Waals surface area contributed by atoms with Crippen LogP contribution in [0, 0.1) is 0 Å². The lowest BCUT2D eigenvalue weighted by molar-refractivity contribution is -0.396. The summed E-state index contributed by atoms with van der Waals surface area (Å²) in [4.78, 5) is 8.85. The molecule has 0 rings (SSSR count). The van der Waals surface area contributed by atoms with Gasteiger partial charge in [-0.2, -0.15) is 39.5 Å². The molecule has 0 saturated carbocycles. The number of halogens is 9. The van der Waals surface area contributed by atoms with Crippen LogP contribution in [0.1, 0.15) is 13.3 Å². The Bertz CT molecular complexity index is 406. The zero-order valence-corrected chi connectivity index (χ0v) is 11.1. The van der Waals surface area contributed by atoms with Gasteiger partial charge in [0.15, 0.2) is 0 Å². The van der Waals surface area contributed by atoms with Crippen molar-refractivity contribution in [2.45, 2.75) is 37.3 Å². The van der Waals surface area contributed by atoms with E-state index >= 15 is 0 Å². The second-order valence-corrected chi connectivity index (χ2v) is 5.86. The first-order valence-corrected chi connectivity index (χ1v) is 6.94. The predicted molar refractivity (Wildman–Crippen MR) is 51.8 cm³/mol. The average molecular weight is 356 g/mol. The monoisotopic (exact) mass is 356 g/mol. The van der Waals surface area contributed by atoms with Gasteiger partial charge in [-0.15, -0.1) is 0 Å². The van der Waals surface area contributed by atoms with Crippen LogP contribution in [-0.2, 0) is 9.09 Å². The van der Waals surface area contributed by atoms with E-state index < -0.39 is 50.7 Å². The third kappa shape index (κ3) is 4.26. The van der Waals surface area contributed by atoms with Crippen molar-refractivity contribution >= 4 is 7.60 Å². The maximum atomic E-state index is 13.0. The number of rotatable bonds is 7. The maximum Gasteiger partial charge on any atom is 0.460 e. The van der Waals surface area contributed by atoms with Gasteiger partial charge >= 0.3 is 31.5 Å². The molecule has 1 atom stereocenters. The van der Waals surface area contributed by atoms with Crippen molar-refractivity contribution in [3.8, 4) is 0 Å². The molecule has 0 heterocycles. The van der Waals surface area contributed by atoms with E-state index in [0.29, 0.717) is 0 Å². The minimum Gasteiger partial charge on any atom is -0.324 e. The van der Waals surface area contributed by atoms with Crippen LogP contribution in [0.5, 0.6) is 0 Å². The molecule has 0 spiro atoms. The SMILES string of the molecule is CCOP(=O)(O)CCC(F)(F)C(F)(F)C(F)(F)C(F)(F)F. The quantitative estimate of drug-likeness (QED) is 0.553. The van der Waals surface area contributed by atoms with Gasteiger partial charge in [0.25, 0.3) is 0 Å². The molecule has 13 heteroatoms. The Morgan fingerprint density at radius 1 is 0.952 bits per heavy atom.